The van der Waals surface area contributed by atoms with Crippen LogP contribution in [0.15, 0.2) is 18.3 Å². The molecule has 1 aromatic rings. The van der Waals surface area contributed by atoms with Crippen LogP contribution >= 0.6 is 0 Å². The molecule has 1 aliphatic heterocycles. The number of rotatable bonds is 2. The number of nitrogens with zero attached hydrogens (tertiary/aromatic N) is 2. The standard InChI is InChI=1S/C12H15N3O3/c1-15-7-8(4-5-10(15)17)14-12(18)11-9(16)3-2-6-13-11/h2-3,6,8,16H,4-5,7H2,1H3,(H,14,18). The van der Waals surface area contributed by atoms with Gasteiger partial charge in [0, 0.05) is 32.3 Å². The van der Waals surface area contributed by atoms with Crippen LogP contribution in [0.3, 0.4) is 0 Å². The second kappa shape index (κ2) is 5.03. The van der Waals surface area contributed by atoms with E-state index in [0.29, 0.717) is 19.4 Å². The van der Waals surface area contributed by atoms with Gasteiger partial charge in [-0.15, -0.1) is 0 Å². The summed E-state index contributed by atoms with van der Waals surface area (Å²) in [6.07, 6.45) is 2.49. The Labute approximate surface area is 105 Å². The van der Waals surface area contributed by atoms with E-state index < -0.39 is 5.91 Å². The van der Waals surface area contributed by atoms with Crippen molar-refractivity contribution in [2.75, 3.05) is 13.6 Å². The zero-order valence-electron chi connectivity index (χ0n) is 10.1. The summed E-state index contributed by atoms with van der Waals surface area (Å²) >= 11 is 0. The van der Waals surface area contributed by atoms with Crippen molar-refractivity contribution in [1.82, 2.24) is 15.2 Å². The Balaban J connectivity index is 2.00. The Morgan fingerprint density at radius 1 is 1.61 bits per heavy atom. The Hall–Kier alpha value is -2.11. The highest BCUT2D eigenvalue weighted by molar-refractivity contribution is 5.95. The zero-order chi connectivity index (χ0) is 13.1. The molecule has 1 fully saturated rings. The van der Waals surface area contributed by atoms with Gasteiger partial charge in [0.1, 0.15) is 5.75 Å². The molecule has 1 atom stereocenters. The van der Waals surface area contributed by atoms with Crippen LogP contribution in [0.1, 0.15) is 23.3 Å². The number of carbonyl (C=O) groups excluding carboxylic acids is 2. The van der Waals surface area contributed by atoms with E-state index in [0.717, 1.165) is 0 Å². The minimum Gasteiger partial charge on any atom is -0.505 e. The minimum absolute atomic E-state index is 0.0112. The lowest BCUT2D eigenvalue weighted by molar-refractivity contribution is -0.132. The van der Waals surface area contributed by atoms with Crippen LogP contribution in [0.2, 0.25) is 0 Å². The molecule has 1 aliphatic rings. The molecule has 96 valence electrons. The maximum atomic E-state index is 11.9. The van der Waals surface area contributed by atoms with Crippen LogP contribution in [-0.2, 0) is 4.79 Å². The molecule has 2 heterocycles. The van der Waals surface area contributed by atoms with Crippen molar-refractivity contribution in [3.05, 3.63) is 24.0 Å². The molecule has 2 amide bonds. The molecule has 18 heavy (non-hydrogen) atoms. The first kappa shape index (κ1) is 12.3. The molecule has 0 saturated carbocycles. The number of carbonyl (C=O) groups is 2. The number of piperidine rings is 1. The number of aromatic nitrogens is 1. The van der Waals surface area contributed by atoms with Crippen molar-refractivity contribution < 1.29 is 14.7 Å². The summed E-state index contributed by atoms with van der Waals surface area (Å²) in [7, 11) is 1.71. The quantitative estimate of drug-likeness (QED) is 0.781. The van der Waals surface area contributed by atoms with E-state index in [9.17, 15) is 14.7 Å². The fourth-order valence-corrected chi connectivity index (χ4v) is 1.96. The molecular formula is C12H15N3O3. The molecule has 0 spiro atoms. The van der Waals surface area contributed by atoms with E-state index in [1.807, 2.05) is 0 Å². The highest BCUT2D eigenvalue weighted by Gasteiger charge is 2.25. The first-order chi connectivity index (χ1) is 8.58. The van der Waals surface area contributed by atoms with Gasteiger partial charge < -0.3 is 15.3 Å². The van der Waals surface area contributed by atoms with Gasteiger partial charge in [-0.3, -0.25) is 9.59 Å². The van der Waals surface area contributed by atoms with Gasteiger partial charge in [-0.25, -0.2) is 4.98 Å². The fraction of sp³-hybridized carbons (Fsp3) is 0.417. The van der Waals surface area contributed by atoms with E-state index in [-0.39, 0.29) is 23.4 Å². The summed E-state index contributed by atoms with van der Waals surface area (Å²) < 4.78 is 0. The summed E-state index contributed by atoms with van der Waals surface area (Å²) in [4.78, 5) is 28.6. The highest BCUT2D eigenvalue weighted by atomic mass is 16.3. The van der Waals surface area contributed by atoms with Gasteiger partial charge in [0.2, 0.25) is 5.91 Å². The number of aromatic hydroxyl groups is 1. The monoisotopic (exact) mass is 249 g/mol. The average molecular weight is 249 g/mol. The molecule has 6 nitrogen and oxygen atoms in total. The predicted octanol–water partition coefficient (Wildman–Crippen LogP) is 0.138. The van der Waals surface area contributed by atoms with E-state index in [1.165, 1.54) is 12.3 Å². The average Bonchev–Trinajstić information content (AvgIpc) is 2.34. The number of amides is 2. The summed E-state index contributed by atoms with van der Waals surface area (Å²) in [6, 6.07) is 2.87. The SMILES string of the molecule is CN1CC(NC(=O)c2ncccc2O)CCC1=O. The molecule has 1 aromatic heterocycles. The number of nitrogens with one attached hydrogen (secondary N) is 1. The number of likely N-dealkylation sites (N-methyl/N-ethyl adjacent to an activating group) is 1. The van der Waals surface area contributed by atoms with E-state index in [2.05, 4.69) is 10.3 Å². The van der Waals surface area contributed by atoms with E-state index >= 15 is 0 Å². The van der Waals surface area contributed by atoms with Crippen molar-refractivity contribution in [3.63, 3.8) is 0 Å². The lowest BCUT2D eigenvalue weighted by Gasteiger charge is -2.30. The molecule has 2 rings (SSSR count). The minimum atomic E-state index is -0.416. The van der Waals surface area contributed by atoms with Crippen LogP contribution in [0.5, 0.6) is 5.75 Å². The van der Waals surface area contributed by atoms with E-state index in [4.69, 9.17) is 0 Å². The summed E-state index contributed by atoms with van der Waals surface area (Å²) in [6.45, 7) is 0.484. The molecule has 2 N–H and O–H groups in total. The first-order valence-corrected chi connectivity index (χ1v) is 5.76. The third kappa shape index (κ3) is 2.58. The fourth-order valence-electron chi connectivity index (χ4n) is 1.96. The third-order valence-corrected chi connectivity index (χ3v) is 2.96. The Bertz CT molecular complexity index is 475. The number of hydrogen-bond acceptors (Lipinski definition) is 4. The van der Waals surface area contributed by atoms with Crippen LogP contribution in [0.25, 0.3) is 0 Å². The normalized spacial score (nSPS) is 19.7. The van der Waals surface area contributed by atoms with Crippen molar-refractivity contribution in [2.24, 2.45) is 0 Å². The van der Waals surface area contributed by atoms with Crippen LogP contribution < -0.4 is 5.32 Å². The lowest BCUT2D eigenvalue weighted by Crippen LogP contribution is -2.48. The smallest absolute Gasteiger partial charge is 0.274 e. The Kier molecular flexibility index (Phi) is 3.45. The first-order valence-electron chi connectivity index (χ1n) is 5.76. The summed E-state index contributed by atoms with van der Waals surface area (Å²) in [5.41, 5.74) is 0.0112. The van der Waals surface area contributed by atoms with Crippen molar-refractivity contribution in [1.29, 1.82) is 0 Å². The Morgan fingerprint density at radius 3 is 3.06 bits per heavy atom. The second-order valence-corrected chi connectivity index (χ2v) is 4.35. The molecule has 1 saturated heterocycles. The maximum Gasteiger partial charge on any atom is 0.274 e. The van der Waals surface area contributed by atoms with Crippen molar-refractivity contribution in [2.45, 2.75) is 18.9 Å². The maximum absolute atomic E-state index is 11.9. The summed E-state index contributed by atoms with van der Waals surface area (Å²) in [5.74, 6) is -0.475. The van der Waals surface area contributed by atoms with Crippen molar-refractivity contribution in [3.8, 4) is 5.75 Å². The Morgan fingerprint density at radius 2 is 2.39 bits per heavy atom. The number of hydrogen-bond donors (Lipinski definition) is 2. The predicted molar refractivity (Wildman–Crippen MR) is 64.0 cm³/mol. The molecule has 0 radical (unpaired) electrons. The van der Waals surface area contributed by atoms with Gasteiger partial charge in [-0.2, -0.15) is 0 Å². The van der Waals surface area contributed by atoms with Crippen LogP contribution in [-0.4, -0.2) is 46.4 Å². The molecule has 0 aromatic carbocycles. The number of pyridine rings is 1. The molecule has 0 aliphatic carbocycles. The molecular weight excluding hydrogens is 234 g/mol. The van der Waals surface area contributed by atoms with Crippen molar-refractivity contribution >= 4 is 11.8 Å². The molecule has 0 bridgehead atoms. The van der Waals surface area contributed by atoms with Gasteiger partial charge in [0.15, 0.2) is 5.69 Å². The second-order valence-electron chi connectivity index (χ2n) is 4.35. The zero-order valence-corrected chi connectivity index (χ0v) is 10.1. The number of likely N-dealkylation sites (tertiary alicyclic amines) is 1. The van der Waals surface area contributed by atoms with Gasteiger partial charge in [0.25, 0.3) is 5.91 Å². The van der Waals surface area contributed by atoms with Gasteiger partial charge in [-0.1, -0.05) is 0 Å². The van der Waals surface area contributed by atoms with Gasteiger partial charge >= 0.3 is 0 Å². The highest BCUT2D eigenvalue weighted by Crippen LogP contribution is 2.14. The van der Waals surface area contributed by atoms with Crippen LogP contribution in [0.4, 0.5) is 0 Å². The molecule has 6 heteroatoms. The van der Waals surface area contributed by atoms with Crippen LogP contribution in [0, 0.1) is 0 Å². The van der Waals surface area contributed by atoms with Gasteiger partial charge in [-0.05, 0) is 18.6 Å². The lowest BCUT2D eigenvalue weighted by atomic mass is 10.1. The molecule has 1 unspecified atom stereocenters. The topological polar surface area (TPSA) is 82.5 Å². The largest absolute Gasteiger partial charge is 0.505 e. The van der Waals surface area contributed by atoms with E-state index in [1.54, 1.807) is 18.0 Å². The third-order valence-electron chi connectivity index (χ3n) is 2.96. The van der Waals surface area contributed by atoms with Gasteiger partial charge in [0.05, 0.1) is 0 Å². The summed E-state index contributed by atoms with van der Waals surface area (Å²) in [5, 5.41) is 12.3.